The summed E-state index contributed by atoms with van der Waals surface area (Å²) in [6.07, 6.45) is -2.83. The molecule has 0 unspecified atom stereocenters. The number of carbonyl (C=O) groups excluding carboxylic acids is 1. The molecule has 1 atom stereocenters. The number of pyridine rings is 1. The largest absolute Gasteiger partial charge is 0.416 e. The molecule has 7 heteroatoms. The number of halogens is 3. The Labute approximate surface area is 160 Å². The summed E-state index contributed by atoms with van der Waals surface area (Å²) in [5.74, 6) is -0.457. The Balaban J connectivity index is 1.79. The van der Waals surface area contributed by atoms with E-state index in [2.05, 4.69) is 15.6 Å². The molecule has 1 aromatic heterocycles. The third-order valence-corrected chi connectivity index (χ3v) is 4.07. The minimum absolute atomic E-state index is 0.0837. The number of hydrogen-bond acceptors (Lipinski definition) is 3. The van der Waals surface area contributed by atoms with Gasteiger partial charge in [0.05, 0.1) is 11.3 Å². The molecule has 0 bridgehead atoms. The van der Waals surface area contributed by atoms with E-state index in [4.69, 9.17) is 0 Å². The van der Waals surface area contributed by atoms with Crippen LogP contribution in [-0.2, 0) is 17.5 Å². The zero-order valence-electron chi connectivity index (χ0n) is 14.8. The van der Waals surface area contributed by atoms with E-state index in [1.54, 1.807) is 36.5 Å². The van der Waals surface area contributed by atoms with Crippen LogP contribution < -0.4 is 10.6 Å². The number of nitrogens with zero attached hydrogens (tertiary/aromatic N) is 1. The second-order valence-corrected chi connectivity index (χ2v) is 6.11. The van der Waals surface area contributed by atoms with E-state index in [1.807, 2.05) is 18.2 Å². The standard InChI is InChI=1S/C21H18F3N3O/c22-21(23,24)16-9-6-11-17(13-16)27-20(28)19(15-7-2-1-3-8-15)26-14-18-10-4-5-12-25-18/h1-13,19,26H,14H2,(H,27,28)/t19-/m1/s1. The third kappa shape index (κ3) is 5.17. The van der Waals surface area contributed by atoms with Crippen molar-refractivity contribution in [2.45, 2.75) is 18.8 Å². The van der Waals surface area contributed by atoms with Crippen molar-refractivity contribution in [1.82, 2.24) is 10.3 Å². The van der Waals surface area contributed by atoms with Gasteiger partial charge in [0.2, 0.25) is 5.91 Å². The number of amides is 1. The van der Waals surface area contributed by atoms with Gasteiger partial charge in [0.15, 0.2) is 0 Å². The fourth-order valence-electron chi connectivity index (χ4n) is 2.70. The van der Waals surface area contributed by atoms with E-state index in [0.29, 0.717) is 12.1 Å². The van der Waals surface area contributed by atoms with E-state index >= 15 is 0 Å². The predicted molar refractivity (Wildman–Crippen MR) is 100 cm³/mol. The Morgan fingerprint density at radius 3 is 2.39 bits per heavy atom. The van der Waals surface area contributed by atoms with Gasteiger partial charge in [-0.2, -0.15) is 13.2 Å². The number of anilines is 1. The first-order valence-electron chi connectivity index (χ1n) is 8.60. The fourth-order valence-corrected chi connectivity index (χ4v) is 2.70. The van der Waals surface area contributed by atoms with E-state index in [9.17, 15) is 18.0 Å². The van der Waals surface area contributed by atoms with Crippen LogP contribution in [0.1, 0.15) is 22.9 Å². The molecule has 2 N–H and O–H groups in total. The van der Waals surface area contributed by atoms with Crippen LogP contribution >= 0.6 is 0 Å². The number of rotatable bonds is 6. The highest BCUT2D eigenvalue weighted by Crippen LogP contribution is 2.31. The summed E-state index contributed by atoms with van der Waals surface area (Å²) < 4.78 is 38.7. The quantitative estimate of drug-likeness (QED) is 0.654. The molecular formula is C21H18F3N3O. The molecule has 0 fully saturated rings. The van der Waals surface area contributed by atoms with Crippen LogP contribution in [-0.4, -0.2) is 10.9 Å². The molecule has 144 valence electrons. The van der Waals surface area contributed by atoms with Crippen LogP contribution in [0.15, 0.2) is 79.0 Å². The number of carbonyl (C=O) groups is 1. The van der Waals surface area contributed by atoms with Crippen molar-refractivity contribution in [1.29, 1.82) is 0 Å². The van der Waals surface area contributed by atoms with E-state index in [1.165, 1.54) is 12.1 Å². The molecule has 1 amide bonds. The first kappa shape index (κ1) is 19.6. The maximum atomic E-state index is 12.9. The lowest BCUT2D eigenvalue weighted by Crippen LogP contribution is -2.33. The van der Waals surface area contributed by atoms with E-state index in [0.717, 1.165) is 17.8 Å². The zero-order valence-corrected chi connectivity index (χ0v) is 14.8. The Kier molecular flexibility index (Phi) is 6.06. The first-order chi connectivity index (χ1) is 13.4. The van der Waals surface area contributed by atoms with Gasteiger partial charge in [-0.25, -0.2) is 0 Å². The summed E-state index contributed by atoms with van der Waals surface area (Å²) in [5.41, 5.74) is 0.710. The maximum absolute atomic E-state index is 12.9. The van der Waals surface area contributed by atoms with Crippen LogP contribution in [0.5, 0.6) is 0 Å². The van der Waals surface area contributed by atoms with Gasteiger partial charge in [-0.15, -0.1) is 0 Å². The molecule has 0 aliphatic carbocycles. The van der Waals surface area contributed by atoms with Crippen molar-refractivity contribution >= 4 is 11.6 Å². The highest BCUT2D eigenvalue weighted by atomic mass is 19.4. The van der Waals surface area contributed by atoms with Gasteiger partial charge >= 0.3 is 6.18 Å². The number of benzene rings is 2. The average Bonchev–Trinajstić information content (AvgIpc) is 2.69. The lowest BCUT2D eigenvalue weighted by Gasteiger charge is -2.19. The Hall–Kier alpha value is -3.19. The molecule has 0 aliphatic rings. The van der Waals surface area contributed by atoms with E-state index < -0.39 is 23.7 Å². The van der Waals surface area contributed by atoms with Crippen molar-refractivity contribution < 1.29 is 18.0 Å². The van der Waals surface area contributed by atoms with Crippen molar-refractivity contribution in [2.24, 2.45) is 0 Å². The SMILES string of the molecule is O=C(Nc1cccc(C(F)(F)F)c1)[C@H](NCc1ccccn1)c1ccccc1. The highest BCUT2D eigenvalue weighted by Gasteiger charge is 2.30. The van der Waals surface area contributed by atoms with Crippen LogP contribution in [0.3, 0.4) is 0 Å². The summed E-state index contributed by atoms with van der Waals surface area (Å²) in [5, 5.41) is 5.69. The summed E-state index contributed by atoms with van der Waals surface area (Å²) >= 11 is 0. The fraction of sp³-hybridized carbons (Fsp3) is 0.143. The van der Waals surface area contributed by atoms with Gasteiger partial charge in [0.1, 0.15) is 6.04 Å². The molecular weight excluding hydrogens is 367 g/mol. The van der Waals surface area contributed by atoms with Gasteiger partial charge in [0, 0.05) is 18.4 Å². The van der Waals surface area contributed by atoms with Gasteiger partial charge in [0.25, 0.3) is 0 Å². The molecule has 3 rings (SSSR count). The first-order valence-corrected chi connectivity index (χ1v) is 8.60. The molecule has 0 saturated carbocycles. The Morgan fingerprint density at radius 1 is 0.964 bits per heavy atom. The van der Waals surface area contributed by atoms with Crippen molar-refractivity contribution in [3.05, 3.63) is 95.8 Å². The van der Waals surface area contributed by atoms with Crippen LogP contribution in [0.4, 0.5) is 18.9 Å². The molecule has 1 heterocycles. The second kappa shape index (κ2) is 8.67. The number of nitrogens with one attached hydrogen (secondary N) is 2. The topological polar surface area (TPSA) is 54.0 Å². The van der Waals surface area contributed by atoms with Crippen LogP contribution in [0, 0.1) is 0 Å². The maximum Gasteiger partial charge on any atom is 0.416 e. The summed E-state index contributed by atoms with van der Waals surface area (Å²) in [6, 6.07) is 18.2. The molecule has 0 aliphatic heterocycles. The summed E-state index contributed by atoms with van der Waals surface area (Å²) in [7, 11) is 0. The molecule has 4 nitrogen and oxygen atoms in total. The van der Waals surface area contributed by atoms with Crippen LogP contribution in [0.2, 0.25) is 0 Å². The highest BCUT2D eigenvalue weighted by molar-refractivity contribution is 5.95. The van der Waals surface area contributed by atoms with Gasteiger partial charge in [-0.1, -0.05) is 42.5 Å². The molecule has 28 heavy (non-hydrogen) atoms. The number of alkyl halides is 3. The molecule has 0 spiro atoms. The minimum atomic E-state index is -4.48. The predicted octanol–water partition coefficient (Wildman–Crippen LogP) is 4.57. The monoisotopic (exact) mass is 385 g/mol. The van der Waals surface area contributed by atoms with Gasteiger partial charge in [-0.3, -0.25) is 15.1 Å². The van der Waals surface area contributed by atoms with Crippen molar-refractivity contribution in [3.8, 4) is 0 Å². The second-order valence-electron chi connectivity index (χ2n) is 6.11. The van der Waals surface area contributed by atoms with E-state index in [-0.39, 0.29) is 5.69 Å². The summed E-state index contributed by atoms with van der Waals surface area (Å²) in [6.45, 7) is 0.330. The van der Waals surface area contributed by atoms with Crippen molar-refractivity contribution in [2.75, 3.05) is 5.32 Å². The zero-order chi connectivity index (χ0) is 20.0. The van der Waals surface area contributed by atoms with Crippen LogP contribution in [0.25, 0.3) is 0 Å². The van der Waals surface area contributed by atoms with Crippen molar-refractivity contribution in [3.63, 3.8) is 0 Å². The molecule has 0 radical (unpaired) electrons. The number of aromatic nitrogens is 1. The lowest BCUT2D eigenvalue weighted by atomic mass is 10.1. The third-order valence-electron chi connectivity index (χ3n) is 4.07. The molecule has 3 aromatic rings. The normalized spacial score (nSPS) is 12.4. The minimum Gasteiger partial charge on any atom is -0.324 e. The van der Waals surface area contributed by atoms with Gasteiger partial charge in [-0.05, 0) is 35.9 Å². The molecule has 0 saturated heterocycles. The Morgan fingerprint density at radius 2 is 1.71 bits per heavy atom. The molecule has 2 aromatic carbocycles. The lowest BCUT2D eigenvalue weighted by molar-refractivity contribution is -0.137. The number of hydrogen-bond donors (Lipinski definition) is 2. The van der Waals surface area contributed by atoms with Gasteiger partial charge < -0.3 is 5.32 Å². The summed E-state index contributed by atoms with van der Waals surface area (Å²) in [4.78, 5) is 17.0. The average molecular weight is 385 g/mol. The smallest absolute Gasteiger partial charge is 0.324 e. The Bertz CT molecular complexity index is 915.